The Hall–Kier alpha value is -0.410. The highest BCUT2D eigenvalue weighted by molar-refractivity contribution is 5.81. The summed E-state index contributed by atoms with van der Waals surface area (Å²) in [5.41, 5.74) is 0. The predicted octanol–water partition coefficient (Wildman–Crippen LogP) is 1.65. The molecular weight excluding hydrogens is 180 g/mol. The van der Waals surface area contributed by atoms with Crippen LogP contribution in [0, 0.1) is 11.8 Å². The Bertz CT molecular complexity index is 177. The summed E-state index contributed by atoms with van der Waals surface area (Å²) in [7, 11) is 0. The fourth-order valence-corrected chi connectivity index (χ4v) is 1.48. The summed E-state index contributed by atoms with van der Waals surface area (Å²) < 4.78 is 10.7. The highest BCUT2D eigenvalue weighted by atomic mass is 16.5. The van der Waals surface area contributed by atoms with Gasteiger partial charge in [-0.05, 0) is 12.3 Å². The molecular formula is C11H20O3. The smallest absolute Gasteiger partial charge is 0.140 e. The van der Waals surface area contributed by atoms with Gasteiger partial charge in [0.25, 0.3) is 0 Å². The Morgan fingerprint density at radius 2 is 2.36 bits per heavy atom. The highest BCUT2D eigenvalue weighted by Crippen LogP contribution is 2.13. The molecule has 1 rings (SSSR count). The number of ether oxygens (including phenoxy) is 2. The quantitative estimate of drug-likeness (QED) is 0.633. The van der Waals surface area contributed by atoms with Crippen molar-refractivity contribution in [1.29, 1.82) is 0 Å². The molecule has 1 aliphatic heterocycles. The van der Waals surface area contributed by atoms with Crippen LogP contribution in [0.5, 0.6) is 0 Å². The number of Topliss-reactive ketones (excluding diaryl/α,β-unsaturated/α-hetero) is 1. The van der Waals surface area contributed by atoms with Crippen molar-refractivity contribution in [3.63, 3.8) is 0 Å². The van der Waals surface area contributed by atoms with Crippen LogP contribution in [0.3, 0.4) is 0 Å². The van der Waals surface area contributed by atoms with E-state index in [0.717, 1.165) is 13.0 Å². The average molecular weight is 200 g/mol. The van der Waals surface area contributed by atoms with E-state index >= 15 is 0 Å². The monoisotopic (exact) mass is 200 g/mol. The van der Waals surface area contributed by atoms with Crippen LogP contribution in [0.4, 0.5) is 0 Å². The van der Waals surface area contributed by atoms with Gasteiger partial charge in [-0.25, -0.2) is 0 Å². The number of hydrogen-bond donors (Lipinski definition) is 0. The van der Waals surface area contributed by atoms with E-state index in [0.29, 0.717) is 37.9 Å². The average Bonchev–Trinajstić information content (AvgIpc) is 2.15. The SMILES string of the molecule is CC(C)COCCC1COCCC1=O. The second kappa shape index (κ2) is 6.14. The molecule has 1 atom stereocenters. The number of rotatable bonds is 5. The van der Waals surface area contributed by atoms with E-state index in [4.69, 9.17) is 9.47 Å². The summed E-state index contributed by atoms with van der Waals surface area (Å²) in [4.78, 5) is 11.4. The molecule has 3 nitrogen and oxygen atoms in total. The Kier molecular flexibility index (Phi) is 5.12. The third kappa shape index (κ3) is 4.20. The molecule has 1 fully saturated rings. The van der Waals surface area contributed by atoms with Gasteiger partial charge in [-0.3, -0.25) is 4.79 Å². The molecule has 0 N–H and O–H groups in total. The van der Waals surface area contributed by atoms with Gasteiger partial charge in [0.05, 0.1) is 13.2 Å². The zero-order valence-corrected chi connectivity index (χ0v) is 9.12. The molecule has 0 bridgehead atoms. The Labute approximate surface area is 85.8 Å². The first kappa shape index (κ1) is 11.7. The molecule has 1 aliphatic rings. The van der Waals surface area contributed by atoms with Crippen LogP contribution in [0.2, 0.25) is 0 Å². The fraction of sp³-hybridized carbons (Fsp3) is 0.909. The minimum Gasteiger partial charge on any atom is -0.381 e. The molecule has 0 amide bonds. The van der Waals surface area contributed by atoms with Gasteiger partial charge >= 0.3 is 0 Å². The van der Waals surface area contributed by atoms with Gasteiger partial charge in [0.1, 0.15) is 5.78 Å². The summed E-state index contributed by atoms with van der Waals surface area (Å²) in [5.74, 6) is 0.980. The van der Waals surface area contributed by atoms with Crippen molar-refractivity contribution in [2.75, 3.05) is 26.4 Å². The number of carbonyl (C=O) groups excluding carboxylic acids is 1. The van der Waals surface area contributed by atoms with Gasteiger partial charge in [-0.2, -0.15) is 0 Å². The first-order valence-corrected chi connectivity index (χ1v) is 5.38. The van der Waals surface area contributed by atoms with Gasteiger partial charge in [0.15, 0.2) is 0 Å². The normalized spacial score (nSPS) is 23.1. The van der Waals surface area contributed by atoms with Crippen molar-refractivity contribution in [1.82, 2.24) is 0 Å². The Balaban J connectivity index is 2.07. The Morgan fingerprint density at radius 3 is 3.00 bits per heavy atom. The third-order valence-electron chi connectivity index (χ3n) is 2.33. The number of hydrogen-bond acceptors (Lipinski definition) is 3. The summed E-state index contributed by atoms with van der Waals surface area (Å²) >= 11 is 0. The lowest BCUT2D eigenvalue weighted by atomic mass is 9.98. The zero-order valence-electron chi connectivity index (χ0n) is 9.12. The highest BCUT2D eigenvalue weighted by Gasteiger charge is 2.22. The van der Waals surface area contributed by atoms with Gasteiger partial charge < -0.3 is 9.47 Å². The van der Waals surface area contributed by atoms with Gasteiger partial charge in [-0.1, -0.05) is 13.8 Å². The lowest BCUT2D eigenvalue weighted by Crippen LogP contribution is -2.28. The standard InChI is InChI=1S/C11H20O3/c1-9(2)7-13-5-3-10-8-14-6-4-11(10)12/h9-10H,3-8H2,1-2H3. The molecule has 1 unspecified atom stereocenters. The maximum atomic E-state index is 11.4. The molecule has 0 spiro atoms. The summed E-state index contributed by atoms with van der Waals surface area (Å²) in [5, 5.41) is 0. The third-order valence-corrected chi connectivity index (χ3v) is 2.33. The first-order valence-electron chi connectivity index (χ1n) is 5.38. The first-order chi connectivity index (χ1) is 6.70. The lowest BCUT2D eigenvalue weighted by Gasteiger charge is -2.20. The number of carbonyl (C=O) groups is 1. The zero-order chi connectivity index (χ0) is 10.4. The molecule has 1 heterocycles. The molecule has 0 aromatic carbocycles. The van der Waals surface area contributed by atoms with Crippen LogP contribution >= 0.6 is 0 Å². The summed E-state index contributed by atoms with van der Waals surface area (Å²) in [6, 6.07) is 0. The van der Waals surface area contributed by atoms with Crippen molar-refractivity contribution >= 4 is 5.78 Å². The van der Waals surface area contributed by atoms with E-state index in [1.807, 2.05) is 0 Å². The lowest BCUT2D eigenvalue weighted by molar-refractivity contribution is -0.131. The van der Waals surface area contributed by atoms with Gasteiger partial charge in [0.2, 0.25) is 0 Å². The number of ketones is 1. The summed E-state index contributed by atoms with van der Waals surface area (Å²) in [6.07, 6.45) is 1.39. The van der Waals surface area contributed by atoms with Crippen molar-refractivity contribution in [3.05, 3.63) is 0 Å². The Morgan fingerprint density at radius 1 is 1.57 bits per heavy atom. The maximum Gasteiger partial charge on any atom is 0.140 e. The largest absolute Gasteiger partial charge is 0.381 e. The van der Waals surface area contributed by atoms with Crippen molar-refractivity contribution in [2.24, 2.45) is 11.8 Å². The van der Waals surface area contributed by atoms with Crippen LogP contribution in [-0.2, 0) is 14.3 Å². The van der Waals surface area contributed by atoms with E-state index < -0.39 is 0 Å². The summed E-state index contributed by atoms with van der Waals surface area (Å²) in [6.45, 7) is 6.88. The molecule has 3 heteroatoms. The second-order valence-corrected chi connectivity index (χ2v) is 4.25. The van der Waals surface area contributed by atoms with E-state index in [1.165, 1.54) is 0 Å². The maximum absolute atomic E-state index is 11.4. The molecule has 0 radical (unpaired) electrons. The van der Waals surface area contributed by atoms with E-state index in [9.17, 15) is 4.79 Å². The van der Waals surface area contributed by atoms with Crippen molar-refractivity contribution in [3.8, 4) is 0 Å². The topological polar surface area (TPSA) is 35.5 Å². The van der Waals surface area contributed by atoms with Crippen molar-refractivity contribution < 1.29 is 14.3 Å². The van der Waals surface area contributed by atoms with E-state index in [1.54, 1.807) is 0 Å². The van der Waals surface area contributed by atoms with E-state index in [2.05, 4.69) is 13.8 Å². The second-order valence-electron chi connectivity index (χ2n) is 4.25. The van der Waals surface area contributed by atoms with Crippen LogP contribution in [0.1, 0.15) is 26.7 Å². The molecule has 0 saturated carbocycles. The van der Waals surface area contributed by atoms with Gasteiger partial charge in [-0.15, -0.1) is 0 Å². The molecule has 0 aromatic heterocycles. The predicted molar refractivity (Wildman–Crippen MR) is 54.2 cm³/mol. The van der Waals surface area contributed by atoms with E-state index in [-0.39, 0.29) is 5.92 Å². The molecule has 14 heavy (non-hydrogen) atoms. The van der Waals surface area contributed by atoms with Crippen LogP contribution in [-0.4, -0.2) is 32.2 Å². The fourth-order valence-electron chi connectivity index (χ4n) is 1.48. The van der Waals surface area contributed by atoms with Crippen LogP contribution < -0.4 is 0 Å². The molecule has 0 aliphatic carbocycles. The van der Waals surface area contributed by atoms with Crippen LogP contribution in [0.25, 0.3) is 0 Å². The van der Waals surface area contributed by atoms with Crippen LogP contribution in [0.15, 0.2) is 0 Å². The minimum absolute atomic E-state index is 0.0795. The molecule has 82 valence electrons. The van der Waals surface area contributed by atoms with Crippen molar-refractivity contribution in [2.45, 2.75) is 26.7 Å². The molecule has 1 saturated heterocycles. The molecule has 0 aromatic rings. The minimum atomic E-state index is 0.0795. The van der Waals surface area contributed by atoms with Gasteiger partial charge in [0, 0.05) is 25.6 Å².